The van der Waals surface area contributed by atoms with E-state index in [2.05, 4.69) is 110 Å². The van der Waals surface area contributed by atoms with Gasteiger partial charge in [0.05, 0.1) is 11.2 Å². The van der Waals surface area contributed by atoms with Crippen LogP contribution in [-0.2, 0) is 0 Å². The summed E-state index contributed by atoms with van der Waals surface area (Å²) in [4.78, 5) is 15.1. The number of benzene rings is 1. The molecule has 2 aromatic rings. The highest BCUT2D eigenvalue weighted by atomic mass is 32.1. The van der Waals surface area contributed by atoms with Crippen molar-refractivity contribution in [1.82, 2.24) is 5.32 Å². The molecule has 0 aliphatic heterocycles. The first kappa shape index (κ1) is 36.2. The number of anilines is 1. The number of carbonyl (C=O) groups is 1. The smallest absolute Gasteiger partial charge is 0.264 e. The molecule has 1 aromatic carbocycles. The number of carbonyl (C=O) groups excluding carboxylic acids is 1. The summed E-state index contributed by atoms with van der Waals surface area (Å²) in [6.07, 6.45) is 10.6. The lowest BCUT2D eigenvalue weighted by Gasteiger charge is -2.31. The Hall–Kier alpha value is -2.85. The van der Waals surface area contributed by atoms with E-state index in [1.807, 2.05) is 19.9 Å². The topological polar surface area (TPSA) is 41.1 Å². The second-order valence-corrected chi connectivity index (χ2v) is 12.9. The van der Waals surface area contributed by atoms with E-state index in [-0.39, 0.29) is 5.91 Å². The molecule has 41 heavy (non-hydrogen) atoms. The largest absolute Gasteiger partial charge is 0.358 e. The van der Waals surface area contributed by atoms with E-state index in [0.29, 0.717) is 10.8 Å². The Balaban J connectivity index is 0.000000702. The molecule has 4 heteroatoms. The van der Waals surface area contributed by atoms with Gasteiger partial charge in [0.2, 0.25) is 0 Å². The third-order valence-corrected chi connectivity index (χ3v) is 9.21. The van der Waals surface area contributed by atoms with Crippen molar-refractivity contribution in [2.45, 2.75) is 113 Å². The lowest BCUT2D eigenvalue weighted by Crippen LogP contribution is -2.46. The monoisotopic (exact) mass is 576 g/mol. The second-order valence-electron chi connectivity index (χ2n) is 11.8. The van der Waals surface area contributed by atoms with Gasteiger partial charge in [0.1, 0.15) is 4.88 Å². The van der Waals surface area contributed by atoms with Crippen LogP contribution in [0.25, 0.3) is 5.57 Å². The molecule has 1 heterocycles. The van der Waals surface area contributed by atoms with Gasteiger partial charge in [-0.15, -0.1) is 17.9 Å². The third kappa shape index (κ3) is 11.5. The van der Waals surface area contributed by atoms with E-state index >= 15 is 0 Å². The molecule has 0 aliphatic rings. The van der Waals surface area contributed by atoms with Crippen molar-refractivity contribution < 1.29 is 4.79 Å². The molecule has 0 spiro atoms. The zero-order valence-electron chi connectivity index (χ0n) is 27.6. The number of rotatable bonds is 14. The van der Waals surface area contributed by atoms with E-state index in [1.165, 1.54) is 39.2 Å². The van der Waals surface area contributed by atoms with E-state index in [4.69, 9.17) is 0 Å². The highest BCUT2D eigenvalue weighted by Gasteiger charge is 2.29. The van der Waals surface area contributed by atoms with Gasteiger partial charge in [-0.25, -0.2) is 0 Å². The summed E-state index contributed by atoms with van der Waals surface area (Å²) < 4.78 is 0. The van der Waals surface area contributed by atoms with Crippen LogP contribution in [0.5, 0.6) is 0 Å². The van der Waals surface area contributed by atoms with E-state index in [1.54, 1.807) is 0 Å². The molecule has 226 valence electrons. The summed E-state index contributed by atoms with van der Waals surface area (Å²) in [5, 5.41) is 6.55. The molecule has 0 saturated carbocycles. The maximum Gasteiger partial charge on any atom is 0.264 e. The van der Waals surface area contributed by atoms with Gasteiger partial charge in [0, 0.05) is 10.6 Å². The van der Waals surface area contributed by atoms with Crippen molar-refractivity contribution in [3.63, 3.8) is 0 Å². The first-order chi connectivity index (χ1) is 19.2. The Morgan fingerprint density at radius 3 is 2.12 bits per heavy atom. The summed E-state index contributed by atoms with van der Waals surface area (Å²) >= 11 is 1.53. The Morgan fingerprint density at radius 1 is 1.02 bits per heavy atom. The van der Waals surface area contributed by atoms with Crippen LogP contribution in [-0.4, -0.2) is 11.4 Å². The molecule has 0 bridgehead atoms. The van der Waals surface area contributed by atoms with Crippen LogP contribution in [0.15, 0.2) is 61.4 Å². The fraction of sp³-hybridized carbons (Fsp3) is 0.486. The maximum absolute atomic E-state index is 13.4. The predicted octanol–water partition coefficient (Wildman–Crippen LogP) is 11.3. The van der Waals surface area contributed by atoms with Gasteiger partial charge in [-0.2, -0.15) is 0 Å². The van der Waals surface area contributed by atoms with Crippen molar-refractivity contribution in [2.75, 3.05) is 5.32 Å². The number of unbranched alkanes of at least 4 members (excludes halogenated alkanes) is 2. The zero-order chi connectivity index (χ0) is 31.3. The predicted molar refractivity (Wildman–Crippen MR) is 185 cm³/mol. The SMILES string of the molecule is C=CC(CC)C/C=C(\C)c1cc(NC(=C)C)c(C(=O)NC(C)(CCCCC)C(=C)C)s1.Cc1cc(C)c(C)c(C)c1. The quantitative estimate of drug-likeness (QED) is 0.173. The summed E-state index contributed by atoms with van der Waals surface area (Å²) in [5.74, 6) is 0.414. The number of allylic oxidation sites excluding steroid dienone is 4. The molecule has 0 aliphatic carbocycles. The van der Waals surface area contributed by atoms with Crippen LogP contribution in [0, 0.1) is 33.6 Å². The Bertz CT molecular complexity index is 1210. The number of hydrogen-bond donors (Lipinski definition) is 2. The fourth-order valence-electron chi connectivity index (χ4n) is 4.61. The second kappa shape index (κ2) is 17.2. The van der Waals surface area contributed by atoms with Crippen molar-refractivity contribution in [3.05, 3.63) is 93.4 Å². The molecule has 2 unspecified atom stereocenters. The number of nitrogens with one attached hydrogen (secondary N) is 2. The summed E-state index contributed by atoms with van der Waals surface area (Å²) in [7, 11) is 0. The molecule has 0 saturated heterocycles. The molecule has 0 fully saturated rings. The van der Waals surface area contributed by atoms with Gasteiger partial charge in [-0.05, 0) is 109 Å². The lowest BCUT2D eigenvalue weighted by molar-refractivity contribution is 0.0919. The molecule has 3 nitrogen and oxygen atoms in total. The first-order valence-electron chi connectivity index (χ1n) is 15.1. The molecule has 2 rings (SSSR count). The van der Waals surface area contributed by atoms with Gasteiger partial charge in [-0.1, -0.05) is 81.7 Å². The minimum absolute atomic E-state index is 0.0627. The highest BCUT2D eigenvalue weighted by Crippen LogP contribution is 2.34. The van der Waals surface area contributed by atoms with Crippen LogP contribution >= 0.6 is 11.3 Å². The molecule has 2 N–H and O–H groups in total. The minimum Gasteiger partial charge on any atom is -0.358 e. The Labute approximate surface area is 255 Å². The van der Waals surface area contributed by atoms with Crippen molar-refractivity contribution in [3.8, 4) is 0 Å². The van der Waals surface area contributed by atoms with E-state index in [0.717, 1.165) is 60.4 Å². The van der Waals surface area contributed by atoms with Crippen molar-refractivity contribution in [2.24, 2.45) is 5.92 Å². The maximum atomic E-state index is 13.4. The fourth-order valence-corrected chi connectivity index (χ4v) is 5.61. The minimum atomic E-state index is -0.417. The number of amides is 1. The van der Waals surface area contributed by atoms with Gasteiger partial charge in [0.15, 0.2) is 0 Å². The van der Waals surface area contributed by atoms with Crippen LogP contribution < -0.4 is 10.6 Å². The molecule has 0 radical (unpaired) electrons. The number of thiophene rings is 1. The summed E-state index contributed by atoms with van der Waals surface area (Å²) in [6.45, 7) is 33.1. The number of aryl methyl sites for hydroxylation is 3. The highest BCUT2D eigenvalue weighted by molar-refractivity contribution is 7.15. The Morgan fingerprint density at radius 2 is 1.63 bits per heavy atom. The van der Waals surface area contributed by atoms with Crippen LogP contribution in [0.1, 0.15) is 117 Å². The number of hydrogen-bond acceptors (Lipinski definition) is 3. The molecule has 1 aromatic heterocycles. The van der Waals surface area contributed by atoms with Gasteiger partial charge < -0.3 is 10.6 Å². The van der Waals surface area contributed by atoms with Crippen molar-refractivity contribution in [1.29, 1.82) is 0 Å². The van der Waals surface area contributed by atoms with Crippen LogP contribution in [0.2, 0.25) is 0 Å². The Kier molecular flexibility index (Phi) is 15.2. The van der Waals surface area contributed by atoms with Gasteiger partial charge in [-0.3, -0.25) is 4.79 Å². The molecular formula is C37H56N2OS. The standard InChI is InChI=1S/C27H42N2OS.C10H14/c1-10-13-14-17-27(9,19(4)5)29-26(30)25-23(28-20(6)7)18-24(31-25)21(8)15-16-22(11-2)12-3;1-7-5-8(2)10(4)9(3)6-7/h11,15,18,22,28H,2,4,6,10,12-14,16-17H2,1,3,5,7-9H3,(H,29,30);5-6H,1-4H3/b21-15+;. The van der Waals surface area contributed by atoms with Gasteiger partial charge >= 0.3 is 0 Å². The molecule has 1 amide bonds. The summed E-state index contributed by atoms with van der Waals surface area (Å²) in [5.41, 5.74) is 8.95. The normalized spacial score (nSPS) is 13.4. The average Bonchev–Trinajstić information content (AvgIpc) is 3.31. The first-order valence-corrected chi connectivity index (χ1v) is 15.9. The molecule has 2 atom stereocenters. The lowest BCUT2D eigenvalue weighted by atomic mass is 9.87. The van der Waals surface area contributed by atoms with Crippen molar-refractivity contribution >= 4 is 28.5 Å². The average molecular weight is 577 g/mol. The summed E-state index contributed by atoms with van der Waals surface area (Å²) in [6, 6.07) is 6.51. The van der Waals surface area contributed by atoms with E-state index in [9.17, 15) is 4.79 Å². The van der Waals surface area contributed by atoms with Gasteiger partial charge in [0.25, 0.3) is 5.91 Å². The van der Waals surface area contributed by atoms with Crippen LogP contribution in [0.4, 0.5) is 5.69 Å². The molecular weight excluding hydrogens is 520 g/mol. The third-order valence-electron chi connectivity index (χ3n) is 7.94. The zero-order valence-corrected chi connectivity index (χ0v) is 28.5. The van der Waals surface area contributed by atoms with E-state index < -0.39 is 5.54 Å². The van der Waals surface area contributed by atoms with Crippen LogP contribution in [0.3, 0.4) is 0 Å².